The molecule has 3 heteroatoms. The molecule has 2 rings (SSSR count). The normalized spacial score (nSPS) is 35.3. The van der Waals surface area contributed by atoms with Gasteiger partial charge in [-0.05, 0) is 31.8 Å². The second-order valence-electron chi connectivity index (χ2n) is 4.75. The molecule has 0 radical (unpaired) electrons. The van der Waals surface area contributed by atoms with E-state index < -0.39 is 11.3 Å². The average molecular weight is 189 g/mol. The van der Waals surface area contributed by atoms with Crippen LogP contribution in [0.5, 0.6) is 0 Å². The van der Waals surface area contributed by atoms with Gasteiger partial charge in [-0.15, -0.1) is 0 Å². The van der Waals surface area contributed by atoms with E-state index in [1.54, 1.807) is 0 Å². The topological polar surface area (TPSA) is 12.0 Å². The first-order chi connectivity index (χ1) is 6.02. The fourth-order valence-corrected chi connectivity index (χ4v) is 3.11. The molecule has 1 aliphatic heterocycles. The molecule has 1 saturated heterocycles. The van der Waals surface area contributed by atoms with E-state index in [1.165, 1.54) is 0 Å². The maximum atomic E-state index is 13.6. The van der Waals surface area contributed by atoms with Crippen LogP contribution in [0, 0.1) is 17.3 Å². The molecule has 0 bridgehead atoms. The van der Waals surface area contributed by atoms with Crippen molar-refractivity contribution in [1.29, 1.82) is 0 Å². The standard InChI is InChI=1S/C10H17F2N/c1-7(2)8-9(10(8,11)12)3-5-13-6-4-9/h7-8,13H,3-6H2,1-2H3. The highest BCUT2D eigenvalue weighted by Gasteiger charge is 2.79. The van der Waals surface area contributed by atoms with Crippen LogP contribution in [-0.2, 0) is 0 Å². The summed E-state index contributed by atoms with van der Waals surface area (Å²) in [5.41, 5.74) is -0.633. The maximum Gasteiger partial charge on any atom is 0.258 e. The van der Waals surface area contributed by atoms with Gasteiger partial charge in [0.05, 0.1) is 0 Å². The van der Waals surface area contributed by atoms with Crippen molar-refractivity contribution in [2.24, 2.45) is 17.3 Å². The van der Waals surface area contributed by atoms with Gasteiger partial charge in [0.1, 0.15) is 0 Å². The highest BCUT2D eigenvalue weighted by Crippen LogP contribution is 2.72. The molecule has 2 fully saturated rings. The first kappa shape index (κ1) is 9.38. The molecule has 1 N–H and O–H groups in total. The third kappa shape index (κ3) is 1.06. The molecule has 1 atom stereocenters. The molecule has 1 nitrogen and oxygen atoms in total. The lowest BCUT2D eigenvalue weighted by molar-refractivity contribution is 0.0438. The third-order valence-electron chi connectivity index (χ3n) is 3.73. The van der Waals surface area contributed by atoms with E-state index in [9.17, 15) is 8.78 Å². The van der Waals surface area contributed by atoms with Crippen LogP contribution in [0.1, 0.15) is 26.7 Å². The van der Waals surface area contributed by atoms with Crippen molar-refractivity contribution in [3.05, 3.63) is 0 Å². The molecule has 2 aliphatic rings. The Morgan fingerprint density at radius 2 is 1.77 bits per heavy atom. The molecule has 0 aromatic rings. The summed E-state index contributed by atoms with van der Waals surface area (Å²) in [7, 11) is 0. The lowest BCUT2D eigenvalue weighted by atomic mass is 9.88. The average Bonchev–Trinajstić information content (AvgIpc) is 2.48. The Labute approximate surface area is 77.9 Å². The Hall–Kier alpha value is -0.180. The molecule has 1 heterocycles. The molecule has 1 spiro atoms. The Morgan fingerprint density at radius 3 is 2.15 bits per heavy atom. The monoisotopic (exact) mass is 189 g/mol. The largest absolute Gasteiger partial charge is 0.317 e. The minimum Gasteiger partial charge on any atom is -0.317 e. The van der Waals surface area contributed by atoms with E-state index in [1.807, 2.05) is 13.8 Å². The van der Waals surface area contributed by atoms with Crippen molar-refractivity contribution in [2.75, 3.05) is 13.1 Å². The van der Waals surface area contributed by atoms with Crippen molar-refractivity contribution in [2.45, 2.75) is 32.6 Å². The van der Waals surface area contributed by atoms with Crippen molar-refractivity contribution in [3.63, 3.8) is 0 Å². The van der Waals surface area contributed by atoms with Crippen molar-refractivity contribution >= 4 is 0 Å². The molecular weight excluding hydrogens is 172 g/mol. The number of halogens is 2. The molecular formula is C10H17F2N. The van der Waals surface area contributed by atoms with E-state index in [0.717, 1.165) is 13.1 Å². The minimum atomic E-state index is -2.39. The summed E-state index contributed by atoms with van der Waals surface area (Å²) in [6, 6.07) is 0. The number of hydrogen-bond donors (Lipinski definition) is 1. The summed E-state index contributed by atoms with van der Waals surface area (Å²) in [5.74, 6) is -2.63. The van der Waals surface area contributed by atoms with Crippen LogP contribution in [0.3, 0.4) is 0 Å². The quantitative estimate of drug-likeness (QED) is 0.667. The van der Waals surface area contributed by atoms with Gasteiger partial charge in [-0.1, -0.05) is 13.8 Å². The third-order valence-corrected chi connectivity index (χ3v) is 3.73. The van der Waals surface area contributed by atoms with Gasteiger partial charge in [-0.2, -0.15) is 0 Å². The lowest BCUT2D eigenvalue weighted by Gasteiger charge is -2.23. The molecule has 1 aliphatic carbocycles. The minimum absolute atomic E-state index is 0.119. The molecule has 0 aromatic heterocycles. The molecule has 1 unspecified atom stereocenters. The van der Waals surface area contributed by atoms with Crippen LogP contribution in [-0.4, -0.2) is 19.0 Å². The van der Waals surface area contributed by atoms with Gasteiger partial charge in [-0.3, -0.25) is 0 Å². The Bertz CT molecular complexity index is 207. The number of alkyl halides is 2. The van der Waals surface area contributed by atoms with Crippen molar-refractivity contribution < 1.29 is 8.78 Å². The van der Waals surface area contributed by atoms with Gasteiger partial charge in [-0.25, -0.2) is 8.78 Å². The first-order valence-corrected chi connectivity index (χ1v) is 5.11. The van der Waals surface area contributed by atoms with Gasteiger partial charge in [0, 0.05) is 11.3 Å². The highest BCUT2D eigenvalue weighted by atomic mass is 19.3. The summed E-state index contributed by atoms with van der Waals surface area (Å²) in [6.45, 7) is 5.35. The van der Waals surface area contributed by atoms with Gasteiger partial charge in [0.15, 0.2) is 0 Å². The number of rotatable bonds is 1. The van der Waals surface area contributed by atoms with Crippen LogP contribution in [0.15, 0.2) is 0 Å². The van der Waals surface area contributed by atoms with Gasteiger partial charge in [0.2, 0.25) is 0 Å². The number of piperidine rings is 1. The molecule has 0 amide bonds. The smallest absolute Gasteiger partial charge is 0.258 e. The van der Waals surface area contributed by atoms with Gasteiger partial charge >= 0.3 is 0 Å². The summed E-state index contributed by atoms with van der Waals surface area (Å²) < 4.78 is 27.1. The zero-order chi connectivity index (χ0) is 9.69. The van der Waals surface area contributed by atoms with Gasteiger partial charge in [0.25, 0.3) is 5.92 Å². The zero-order valence-electron chi connectivity index (χ0n) is 8.24. The second kappa shape index (κ2) is 2.66. The molecule has 13 heavy (non-hydrogen) atoms. The summed E-state index contributed by atoms with van der Waals surface area (Å²) >= 11 is 0. The predicted octanol–water partition coefficient (Wildman–Crippen LogP) is 2.28. The van der Waals surface area contributed by atoms with Crippen LogP contribution >= 0.6 is 0 Å². The second-order valence-corrected chi connectivity index (χ2v) is 4.75. The first-order valence-electron chi connectivity index (χ1n) is 5.11. The zero-order valence-corrected chi connectivity index (χ0v) is 8.24. The molecule has 0 aromatic carbocycles. The van der Waals surface area contributed by atoms with E-state index >= 15 is 0 Å². The summed E-state index contributed by atoms with van der Waals surface area (Å²) in [4.78, 5) is 0. The van der Waals surface area contributed by atoms with E-state index in [4.69, 9.17) is 0 Å². The van der Waals surface area contributed by atoms with Crippen LogP contribution < -0.4 is 5.32 Å². The Kier molecular flexibility index (Phi) is 1.92. The Balaban J connectivity index is 2.15. The van der Waals surface area contributed by atoms with E-state index in [0.29, 0.717) is 12.8 Å². The summed E-state index contributed by atoms with van der Waals surface area (Å²) in [6.07, 6.45) is 1.31. The number of hydrogen-bond acceptors (Lipinski definition) is 1. The molecule has 76 valence electrons. The Morgan fingerprint density at radius 1 is 1.23 bits per heavy atom. The fraction of sp³-hybridized carbons (Fsp3) is 1.00. The van der Waals surface area contributed by atoms with E-state index in [2.05, 4.69) is 5.32 Å². The van der Waals surface area contributed by atoms with Gasteiger partial charge < -0.3 is 5.32 Å². The van der Waals surface area contributed by atoms with Crippen LogP contribution in [0.2, 0.25) is 0 Å². The lowest BCUT2D eigenvalue weighted by Crippen LogP contribution is -2.32. The predicted molar refractivity (Wildman–Crippen MR) is 47.8 cm³/mol. The fourth-order valence-electron chi connectivity index (χ4n) is 3.11. The van der Waals surface area contributed by atoms with Crippen LogP contribution in [0.25, 0.3) is 0 Å². The van der Waals surface area contributed by atoms with Crippen molar-refractivity contribution in [1.82, 2.24) is 5.32 Å². The number of nitrogens with one attached hydrogen (secondary N) is 1. The highest BCUT2D eigenvalue weighted by molar-refractivity contribution is 5.19. The maximum absolute atomic E-state index is 13.6. The summed E-state index contributed by atoms with van der Waals surface area (Å²) in [5, 5.41) is 3.14. The molecule has 1 saturated carbocycles. The SMILES string of the molecule is CC(C)C1C(F)(F)C12CCNCC2. The van der Waals surface area contributed by atoms with E-state index in [-0.39, 0.29) is 11.8 Å². The van der Waals surface area contributed by atoms with Crippen molar-refractivity contribution in [3.8, 4) is 0 Å². The van der Waals surface area contributed by atoms with Crippen LogP contribution in [0.4, 0.5) is 8.78 Å².